The van der Waals surface area contributed by atoms with Crippen molar-refractivity contribution in [3.63, 3.8) is 0 Å². The van der Waals surface area contributed by atoms with Crippen molar-refractivity contribution in [3.05, 3.63) is 28.2 Å². The van der Waals surface area contributed by atoms with E-state index < -0.39 is 5.54 Å². The highest BCUT2D eigenvalue weighted by Gasteiger charge is 2.43. The monoisotopic (exact) mass is 322 g/mol. The second kappa shape index (κ2) is 5.22. The lowest BCUT2D eigenvalue weighted by Gasteiger charge is -2.43. The number of halogens is 1. The number of methoxy groups -OCH3 is 1. The van der Waals surface area contributed by atoms with Crippen LogP contribution < -0.4 is 4.74 Å². The maximum atomic E-state index is 12.5. The fraction of sp³-hybridized carbons (Fsp3) is 0.429. The summed E-state index contributed by atoms with van der Waals surface area (Å²) in [6.07, 6.45) is 2.49. The van der Waals surface area contributed by atoms with Crippen LogP contribution in [0.2, 0.25) is 0 Å². The Balaban J connectivity index is 2.27. The van der Waals surface area contributed by atoms with Gasteiger partial charge in [0.25, 0.3) is 5.91 Å². The molecule has 0 atom stereocenters. The number of carbonyl (C=O) groups excluding carboxylic acids is 1. The predicted molar refractivity (Wildman–Crippen MR) is 75.0 cm³/mol. The normalized spacial score (nSPS) is 16.1. The van der Waals surface area contributed by atoms with Crippen molar-refractivity contribution in [1.29, 1.82) is 5.26 Å². The molecular weight excluding hydrogens is 308 g/mol. The minimum absolute atomic E-state index is 0.143. The molecule has 100 valence electrons. The summed E-state index contributed by atoms with van der Waals surface area (Å²) < 4.78 is 5.78. The molecule has 1 aromatic carbocycles. The summed E-state index contributed by atoms with van der Waals surface area (Å²) in [7, 11) is 3.27. The standard InChI is InChI=1S/C14H15BrN2O2/c1-17(14(9-16)6-3-7-14)13(18)11-5-4-10(19-2)8-12(11)15/h4-5,8H,3,6-7H2,1-2H3. The molecule has 1 saturated carbocycles. The van der Waals surface area contributed by atoms with Crippen molar-refractivity contribution in [3.8, 4) is 11.8 Å². The number of hydrogen-bond acceptors (Lipinski definition) is 3. The molecule has 1 aliphatic rings. The summed E-state index contributed by atoms with van der Waals surface area (Å²) >= 11 is 3.38. The molecule has 1 aromatic rings. The lowest BCUT2D eigenvalue weighted by atomic mass is 9.76. The summed E-state index contributed by atoms with van der Waals surface area (Å²) in [4.78, 5) is 14.0. The van der Waals surface area contributed by atoms with Gasteiger partial charge in [-0.15, -0.1) is 0 Å². The van der Waals surface area contributed by atoms with E-state index in [1.54, 1.807) is 37.3 Å². The highest BCUT2D eigenvalue weighted by atomic mass is 79.9. The molecule has 1 amide bonds. The molecule has 0 spiro atoms. The lowest BCUT2D eigenvalue weighted by molar-refractivity contribution is 0.0496. The van der Waals surface area contributed by atoms with E-state index in [4.69, 9.17) is 4.74 Å². The zero-order valence-electron chi connectivity index (χ0n) is 10.9. The van der Waals surface area contributed by atoms with Gasteiger partial charge >= 0.3 is 0 Å². The van der Waals surface area contributed by atoms with Gasteiger partial charge in [-0.2, -0.15) is 5.26 Å². The number of amides is 1. The minimum atomic E-state index is -0.629. The van der Waals surface area contributed by atoms with E-state index in [0.717, 1.165) is 19.3 Å². The highest BCUT2D eigenvalue weighted by molar-refractivity contribution is 9.10. The van der Waals surface area contributed by atoms with Crippen molar-refractivity contribution in [2.75, 3.05) is 14.2 Å². The Labute approximate surface area is 121 Å². The molecule has 1 aliphatic carbocycles. The average Bonchev–Trinajstić information content (AvgIpc) is 2.37. The van der Waals surface area contributed by atoms with Gasteiger partial charge in [-0.05, 0) is 53.4 Å². The summed E-state index contributed by atoms with van der Waals surface area (Å²) in [5.41, 5.74) is -0.0824. The number of carbonyl (C=O) groups is 1. The number of nitriles is 1. The topological polar surface area (TPSA) is 53.3 Å². The van der Waals surface area contributed by atoms with Crippen LogP contribution in [0, 0.1) is 11.3 Å². The van der Waals surface area contributed by atoms with Crippen molar-refractivity contribution in [2.24, 2.45) is 0 Å². The minimum Gasteiger partial charge on any atom is -0.497 e. The highest BCUT2D eigenvalue weighted by Crippen LogP contribution is 2.37. The van der Waals surface area contributed by atoms with Crippen LogP contribution >= 0.6 is 15.9 Å². The van der Waals surface area contributed by atoms with E-state index in [0.29, 0.717) is 15.8 Å². The van der Waals surface area contributed by atoms with Gasteiger partial charge in [0.05, 0.1) is 18.7 Å². The number of ether oxygens (including phenoxy) is 1. The number of rotatable bonds is 3. The van der Waals surface area contributed by atoms with Crippen molar-refractivity contribution in [2.45, 2.75) is 24.8 Å². The third kappa shape index (κ3) is 2.33. The number of hydrogen-bond donors (Lipinski definition) is 0. The van der Waals surface area contributed by atoms with Gasteiger partial charge in [0.1, 0.15) is 11.3 Å². The Morgan fingerprint density at radius 3 is 2.63 bits per heavy atom. The fourth-order valence-corrected chi connectivity index (χ4v) is 2.73. The molecule has 5 heteroatoms. The van der Waals surface area contributed by atoms with Crippen LogP contribution in [0.15, 0.2) is 22.7 Å². The smallest absolute Gasteiger partial charge is 0.256 e. The van der Waals surface area contributed by atoms with Gasteiger partial charge in [0.2, 0.25) is 0 Å². The molecule has 2 rings (SSSR count). The first kappa shape index (κ1) is 13.9. The zero-order chi connectivity index (χ0) is 14.0. The molecule has 0 radical (unpaired) electrons. The lowest BCUT2D eigenvalue weighted by Crippen LogP contribution is -2.53. The third-order valence-electron chi connectivity index (χ3n) is 3.74. The number of nitrogens with zero attached hydrogens (tertiary/aromatic N) is 2. The zero-order valence-corrected chi connectivity index (χ0v) is 12.5. The van der Waals surface area contributed by atoms with Crippen molar-refractivity contribution < 1.29 is 9.53 Å². The Bertz CT molecular complexity index is 547. The van der Waals surface area contributed by atoms with Crippen LogP contribution in [0.25, 0.3) is 0 Å². The summed E-state index contributed by atoms with van der Waals surface area (Å²) in [5, 5.41) is 9.28. The molecule has 0 saturated heterocycles. The van der Waals surface area contributed by atoms with Crippen LogP contribution in [-0.2, 0) is 0 Å². The Morgan fingerprint density at radius 1 is 1.53 bits per heavy atom. The van der Waals surface area contributed by atoms with E-state index in [2.05, 4.69) is 22.0 Å². The van der Waals surface area contributed by atoms with Gasteiger partial charge in [-0.25, -0.2) is 0 Å². The Morgan fingerprint density at radius 2 is 2.21 bits per heavy atom. The molecule has 0 bridgehead atoms. The quantitative estimate of drug-likeness (QED) is 0.859. The van der Waals surface area contributed by atoms with Crippen LogP contribution in [0.3, 0.4) is 0 Å². The molecule has 0 aromatic heterocycles. The maximum absolute atomic E-state index is 12.5. The first-order chi connectivity index (χ1) is 9.04. The molecular formula is C14H15BrN2O2. The predicted octanol–water partition coefficient (Wildman–Crippen LogP) is 2.98. The first-order valence-electron chi connectivity index (χ1n) is 6.07. The van der Waals surface area contributed by atoms with E-state index >= 15 is 0 Å². The van der Waals surface area contributed by atoms with Crippen LogP contribution in [0.1, 0.15) is 29.6 Å². The maximum Gasteiger partial charge on any atom is 0.256 e. The largest absolute Gasteiger partial charge is 0.497 e. The molecule has 19 heavy (non-hydrogen) atoms. The first-order valence-corrected chi connectivity index (χ1v) is 6.86. The number of benzene rings is 1. The second-order valence-corrected chi connectivity index (χ2v) is 5.56. The van der Waals surface area contributed by atoms with Crippen LogP contribution in [-0.4, -0.2) is 30.5 Å². The van der Waals surface area contributed by atoms with Crippen molar-refractivity contribution in [1.82, 2.24) is 4.90 Å². The molecule has 0 aliphatic heterocycles. The Kier molecular flexibility index (Phi) is 3.81. The fourth-order valence-electron chi connectivity index (χ4n) is 2.21. The average molecular weight is 323 g/mol. The van der Waals surface area contributed by atoms with Crippen molar-refractivity contribution >= 4 is 21.8 Å². The molecule has 1 fully saturated rings. The van der Waals surface area contributed by atoms with Gasteiger partial charge in [0, 0.05) is 11.5 Å². The molecule has 0 heterocycles. The molecule has 4 nitrogen and oxygen atoms in total. The van der Waals surface area contributed by atoms with Gasteiger partial charge in [-0.3, -0.25) is 4.79 Å². The van der Waals surface area contributed by atoms with E-state index in [1.807, 2.05) is 0 Å². The second-order valence-electron chi connectivity index (χ2n) is 4.71. The van der Waals surface area contributed by atoms with Crippen LogP contribution in [0.5, 0.6) is 5.75 Å². The van der Waals surface area contributed by atoms with Crippen LogP contribution in [0.4, 0.5) is 0 Å². The van der Waals surface area contributed by atoms with Gasteiger partial charge in [0.15, 0.2) is 0 Å². The van der Waals surface area contributed by atoms with E-state index in [9.17, 15) is 10.1 Å². The Hall–Kier alpha value is -1.54. The van der Waals surface area contributed by atoms with E-state index in [-0.39, 0.29) is 5.91 Å². The molecule has 0 unspecified atom stereocenters. The third-order valence-corrected chi connectivity index (χ3v) is 4.40. The van der Waals surface area contributed by atoms with E-state index in [1.165, 1.54) is 0 Å². The summed E-state index contributed by atoms with van der Waals surface area (Å²) in [5.74, 6) is 0.542. The summed E-state index contributed by atoms with van der Waals surface area (Å²) in [6.45, 7) is 0. The van der Waals surface area contributed by atoms with Gasteiger partial charge < -0.3 is 9.64 Å². The SMILES string of the molecule is COc1ccc(C(=O)N(C)C2(C#N)CCC2)c(Br)c1. The summed E-state index contributed by atoms with van der Waals surface area (Å²) in [6, 6.07) is 7.48. The van der Waals surface area contributed by atoms with Gasteiger partial charge in [-0.1, -0.05) is 0 Å². The molecule has 0 N–H and O–H groups in total.